The van der Waals surface area contributed by atoms with E-state index >= 15 is 0 Å². The highest BCUT2D eigenvalue weighted by atomic mass is 32.2. The maximum absolute atomic E-state index is 11.5. The summed E-state index contributed by atoms with van der Waals surface area (Å²) in [5.41, 5.74) is 1.77. The van der Waals surface area contributed by atoms with Gasteiger partial charge < -0.3 is 0 Å². The van der Waals surface area contributed by atoms with Gasteiger partial charge in [0.25, 0.3) is 0 Å². The van der Waals surface area contributed by atoms with Crippen LogP contribution in [0.1, 0.15) is 5.56 Å². The van der Waals surface area contributed by atoms with Crippen molar-refractivity contribution < 1.29 is 8.42 Å². The van der Waals surface area contributed by atoms with Gasteiger partial charge >= 0.3 is 0 Å². The van der Waals surface area contributed by atoms with Crippen LogP contribution < -0.4 is 4.31 Å². The second-order valence-electron chi connectivity index (χ2n) is 3.42. The molecule has 1 aromatic rings. The second-order valence-corrected chi connectivity index (χ2v) is 5.33. The Kier molecular flexibility index (Phi) is 3.52. The number of anilines is 1. The number of hydrogen-bond donors (Lipinski definition) is 0. The van der Waals surface area contributed by atoms with Gasteiger partial charge in [-0.2, -0.15) is 0 Å². The third-order valence-corrected chi connectivity index (χ3v) is 3.18. The van der Waals surface area contributed by atoms with Crippen molar-refractivity contribution in [2.24, 2.45) is 0 Å². The molecule has 0 spiro atoms. The van der Waals surface area contributed by atoms with Crippen molar-refractivity contribution in [3.8, 4) is 0 Å². The highest BCUT2D eigenvalue weighted by molar-refractivity contribution is 7.92. The summed E-state index contributed by atoms with van der Waals surface area (Å²) >= 11 is 0. The van der Waals surface area contributed by atoms with Crippen LogP contribution in [0.4, 0.5) is 5.69 Å². The number of rotatable bonds is 4. The van der Waals surface area contributed by atoms with E-state index < -0.39 is 10.0 Å². The Morgan fingerprint density at radius 3 is 2.27 bits per heavy atom. The standard InChI is InChI=1S/C11H15NO2S/c1-4-9-12(15(3,13)14)11-7-5-10(2)6-8-11/h4-8H,1,9H2,2-3H3. The molecule has 0 N–H and O–H groups in total. The van der Waals surface area contributed by atoms with Crippen LogP contribution in [0.2, 0.25) is 0 Å². The van der Waals surface area contributed by atoms with Gasteiger partial charge in [0.1, 0.15) is 0 Å². The summed E-state index contributed by atoms with van der Waals surface area (Å²) in [7, 11) is -3.23. The Morgan fingerprint density at radius 1 is 1.33 bits per heavy atom. The summed E-state index contributed by atoms with van der Waals surface area (Å²) in [6.07, 6.45) is 2.76. The molecular formula is C11H15NO2S. The Labute approximate surface area is 91.1 Å². The molecule has 0 radical (unpaired) electrons. The van der Waals surface area contributed by atoms with Crippen LogP contribution in [0, 0.1) is 6.92 Å². The number of sulfonamides is 1. The van der Waals surface area contributed by atoms with Crippen molar-refractivity contribution in [2.75, 3.05) is 17.1 Å². The molecule has 15 heavy (non-hydrogen) atoms. The lowest BCUT2D eigenvalue weighted by atomic mass is 10.2. The van der Waals surface area contributed by atoms with E-state index in [0.29, 0.717) is 12.2 Å². The maximum atomic E-state index is 11.5. The molecule has 0 unspecified atom stereocenters. The predicted molar refractivity (Wildman–Crippen MR) is 63.6 cm³/mol. The lowest BCUT2D eigenvalue weighted by Gasteiger charge is -2.20. The van der Waals surface area contributed by atoms with Crippen molar-refractivity contribution >= 4 is 15.7 Å². The topological polar surface area (TPSA) is 37.4 Å². The van der Waals surface area contributed by atoms with Crippen molar-refractivity contribution in [2.45, 2.75) is 6.92 Å². The first-order valence-electron chi connectivity index (χ1n) is 4.60. The molecule has 0 saturated heterocycles. The normalized spacial score (nSPS) is 11.1. The van der Waals surface area contributed by atoms with Crippen LogP contribution in [-0.4, -0.2) is 21.2 Å². The average molecular weight is 225 g/mol. The highest BCUT2D eigenvalue weighted by Gasteiger charge is 2.14. The first kappa shape index (κ1) is 11.8. The molecule has 0 aliphatic heterocycles. The van der Waals surface area contributed by atoms with E-state index in [1.165, 1.54) is 10.6 Å². The Morgan fingerprint density at radius 2 is 1.87 bits per heavy atom. The first-order chi connectivity index (χ1) is 6.95. The third kappa shape index (κ3) is 3.09. The van der Waals surface area contributed by atoms with Gasteiger partial charge in [-0.15, -0.1) is 6.58 Å². The summed E-state index contributed by atoms with van der Waals surface area (Å²) in [4.78, 5) is 0. The largest absolute Gasteiger partial charge is 0.267 e. The highest BCUT2D eigenvalue weighted by Crippen LogP contribution is 2.17. The summed E-state index contributed by atoms with van der Waals surface area (Å²) in [5.74, 6) is 0. The fourth-order valence-electron chi connectivity index (χ4n) is 1.26. The van der Waals surface area contributed by atoms with Crippen LogP contribution in [0.3, 0.4) is 0 Å². The third-order valence-electron chi connectivity index (χ3n) is 2.02. The van der Waals surface area contributed by atoms with Crippen molar-refractivity contribution in [1.82, 2.24) is 0 Å². The SMILES string of the molecule is C=CCN(c1ccc(C)cc1)S(C)(=O)=O. The van der Waals surface area contributed by atoms with Gasteiger partial charge in [0, 0.05) is 0 Å². The van der Waals surface area contributed by atoms with Gasteiger partial charge in [-0.3, -0.25) is 4.31 Å². The van der Waals surface area contributed by atoms with Crippen LogP contribution >= 0.6 is 0 Å². The fraction of sp³-hybridized carbons (Fsp3) is 0.273. The molecule has 0 fully saturated rings. The monoisotopic (exact) mass is 225 g/mol. The van der Waals surface area contributed by atoms with E-state index in [9.17, 15) is 8.42 Å². The van der Waals surface area contributed by atoms with E-state index in [1.807, 2.05) is 19.1 Å². The molecule has 82 valence electrons. The lowest BCUT2D eigenvalue weighted by Crippen LogP contribution is -2.29. The van der Waals surface area contributed by atoms with Crippen molar-refractivity contribution in [3.63, 3.8) is 0 Å². The van der Waals surface area contributed by atoms with E-state index in [-0.39, 0.29) is 0 Å². The van der Waals surface area contributed by atoms with Crippen LogP contribution in [0.15, 0.2) is 36.9 Å². The van der Waals surface area contributed by atoms with E-state index in [1.54, 1.807) is 18.2 Å². The van der Waals surface area contributed by atoms with Crippen molar-refractivity contribution in [3.05, 3.63) is 42.5 Å². The summed E-state index contributed by atoms with van der Waals surface area (Å²) in [6, 6.07) is 7.35. The van der Waals surface area contributed by atoms with Crippen molar-refractivity contribution in [1.29, 1.82) is 0 Å². The molecule has 0 saturated carbocycles. The van der Waals surface area contributed by atoms with E-state index in [4.69, 9.17) is 0 Å². The van der Waals surface area contributed by atoms with Gasteiger partial charge in [-0.1, -0.05) is 23.8 Å². The molecule has 0 aliphatic carbocycles. The van der Waals surface area contributed by atoms with Gasteiger partial charge in [-0.25, -0.2) is 8.42 Å². The Hall–Kier alpha value is -1.29. The average Bonchev–Trinajstić information content (AvgIpc) is 2.14. The number of nitrogens with zero attached hydrogens (tertiary/aromatic N) is 1. The van der Waals surface area contributed by atoms with E-state index in [2.05, 4.69) is 6.58 Å². The van der Waals surface area contributed by atoms with Gasteiger partial charge in [-0.05, 0) is 19.1 Å². The molecule has 3 nitrogen and oxygen atoms in total. The fourth-order valence-corrected chi connectivity index (χ4v) is 2.14. The molecule has 0 aliphatic rings. The number of hydrogen-bond acceptors (Lipinski definition) is 2. The van der Waals surface area contributed by atoms with Gasteiger partial charge in [0.05, 0.1) is 18.5 Å². The Balaban J connectivity index is 3.10. The summed E-state index contributed by atoms with van der Waals surface area (Å²) in [5, 5.41) is 0. The molecule has 0 bridgehead atoms. The first-order valence-corrected chi connectivity index (χ1v) is 6.45. The zero-order valence-corrected chi connectivity index (χ0v) is 9.79. The minimum Gasteiger partial charge on any atom is -0.267 e. The minimum absolute atomic E-state index is 0.294. The molecule has 4 heteroatoms. The number of aryl methyl sites for hydroxylation is 1. The van der Waals surface area contributed by atoms with Crippen LogP contribution in [0.5, 0.6) is 0 Å². The molecular weight excluding hydrogens is 210 g/mol. The van der Waals surface area contributed by atoms with Gasteiger partial charge in [0.2, 0.25) is 10.0 Å². The summed E-state index contributed by atoms with van der Waals surface area (Å²) in [6.45, 7) is 5.80. The lowest BCUT2D eigenvalue weighted by molar-refractivity contribution is 0.598. The molecule has 0 heterocycles. The zero-order chi connectivity index (χ0) is 11.5. The zero-order valence-electron chi connectivity index (χ0n) is 8.97. The molecule has 0 amide bonds. The van der Waals surface area contributed by atoms with Crippen LogP contribution in [0.25, 0.3) is 0 Å². The summed E-state index contributed by atoms with van der Waals surface area (Å²) < 4.78 is 24.3. The predicted octanol–water partition coefficient (Wildman–Crippen LogP) is 1.95. The van der Waals surface area contributed by atoms with Gasteiger partial charge in [0.15, 0.2) is 0 Å². The molecule has 1 aromatic carbocycles. The molecule has 1 rings (SSSR count). The van der Waals surface area contributed by atoms with Crippen LogP contribution in [-0.2, 0) is 10.0 Å². The minimum atomic E-state index is -3.23. The molecule has 0 atom stereocenters. The number of benzene rings is 1. The maximum Gasteiger partial charge on any atom is 0.232 e. The quantitative estimate of drug-likeness (QED) is 0.734. The van der Waals surface area contributed by atoms with E-state index in [0.717, 1.165) is 5.56 Å². The molecule has 0 aromatic heterocycles. The Bertz CT molecular complexity index is 434. The smallest absolute Gasteiger partial charge is 0.232 e. The second kappa shape index (κ2) is 4.49.